The average molecular weight is 242 g/mol. The maximum Gasteiger partial charge on any atom is 0.192 e. The van der Waals surface area contributed by atoms with Crippen LogP contribution in [-0.4, -0.2) is 10.2 Å². The lowest BCUT2D eigenvalue weighted by Crippen LogP contribution is -2.34. The van der Waals surface area contributed by atoms with Crippen LogP contribution in [0.3, 0.4) is 0 Å². The minimum absolute atomic E-state index is 0.276. The summed E-state index contributed by atoms with van der Waals surface area (Å²) < 4.78 is 0. The smallest absolute Gasteiger partial charge is 0.192 e. The number of aliphatic hydroxyl groups is 2. The molecule has 1 atom stereocenters. The van der Waals surface area contributed by atoms with E-state index >= 15 is 0 Å². The molecule has 2 rings (SSSR count). The van der Waals surface area contributed by atoms with Crippen molar-refractivity contribution in [3.8, 4) is 0 Å². The molecule has 0 amide bonds. The maximum absolute atomic E-state index is 10.3. The molecule has 2 nitrogen and oxygen atoms in total. The zero-order chi connectivity index (χ0) is 13.0. The Morgan fingerprint density at radius 2 is 1.39 bits per heavy atom. The van der Waals surface area contributed by atoms with E-state index in [1.807, 2.05) is 55.5 Å². The highest BCUT2D eigenvalue weighted by molar-refractivity contribution is 5.22. The molecule has 1 unspecified atom stereocenters. The van der Waals surface area contributed by atoms with E-state index < -0.39 is 5.79 Å². The first-order valence-corrected chi connectivity index (χ1v) is 6.15. The van der Waals surface area contributed by atoms with Crippen LogP contribution in [0, 0.1) is 5.92 Å². The van der Waals surface area contributed by atoms with Gasteiger partial charge in [0.1, 0.15) is 0 Å². The van der Waals surface area contributed by atoms with E-state index in [0.717, 1.165) is 5.56 Å². The number of rotatable bonds is 4. The summed E-state index contributed by atoms with van der Waals surface area (Å²) in [5.41, 5.74) is 1.64. The van der Waals surface area contributed by atoms with E-state index in [2.05, 4.69) is 0 Å². The van der Waals surface area contributed by atoms with E-state index in [1.54, 1.807) is 12.1 Å². The Morgan fingerprint density at radius 3 is 1.94 bits per heavy atom. The molecule has 2 heteroatoms. The van der Waals surface area contributed by atoms with E-state index in [1.165, 1.54) is 0 Å². The van der Waals surface area contributed by atoms with Gasteiger partial charge in [0, 0.05) is 11.5 Å². The highest BCUT2D eigenvalue weighted by Gasteiger charge is 2.32. The van der Waals surface area contributed by atoms with Crippen LogP contribution in [0.2, 0.25) is 0 Å². The molecule has 0 aliphatic heterocycles. The van der Waals surface area contributed by atoms with Crippen molar-refractivity contribution in [3.05, 3.63) is 71.8 Å². The third-order valence-corrected chi connectivity index (χ3v) is 3.27. The Kier molecular flexibility index (Phi) is 3.80. The molecule has 18 heavy (non-hydrogen) atoms. The highest BCUT2D eigenvalue weighted by Crippen LogP contribution is 2.29. The summed E-state index contributed by atoms with van der Waals surface area (Å²) in [4.78, 5) is 0. The fourth-order valence-corrected chi connectivity index (χ4v) is 2.08. The molecule has 0 spiro atoms. The standard InChI is InChI=1S/C16H18O2/c1-13(12-14-8-4-2-5-9-14)16(17,18)15-10-6-3-7-11-15/h2-11,13,17-18H,12H2,1H3. The lowest BCUT2D eigenvalue weighted by atomic mass is 9.88. The predicted molar refractivity (Wildman–Crippen MR) is 71.9 cm³/mol. The largest absolute Gasteiger partial charge is 0.362 e. The van der Waals surface area contributed by atoms with Gasteiger partial charge in [0.15, 0.2) is 5.79 Å². The second-order valence-electron chi connectivity index (χ2n) is 4.68. The quantitative estimate of drug-likeness (QED) is 0.809. The van der Waals surface area contributed by atoms with Crippen molar-refractivity contribution in [2.45, 2.75) is 19.1 Å². The van der Waals surface area contributed by atoms with Crippen LogP contribution < -0.4 is 0 Å². The molecule has 0 aliphatic rings. The van der Waals surface area contributed by atoms with Crippen LogP contribution in [0.1, 0.15) is 18.1 Å². The van der Waals surface area contributed by atoms with Crippen molar-refractivity contribution in [2.75, 3.05) is 0 Å². The Hall–Kier alpha value is -1.64. The minimum Gasteiger partial charge on any atom is -0.362 e. The Labute approximate surface area is 108 Å². The summed E-state index contributed by atoms with van der Waals surface area (Å²) in [5.74, 6) is -2.07. The number of hydrogen-bond acceptors (Lipinski definition) is 2. The van der Waals surface area contributed by atoms with Gasteiger partial charge in [-0.25, -0.2) is 0 Å². The third-order valence-electron chi connectivity index (χ3n) is 3.27. The Morgan fingerprint density at radius 1 is 0.889 bits per heavy atom. The van der Waals surface area contributed by atoms with E-state index in [-0.39, 0.29) is 5.92 Å². The van der Waals surface area contributed by atoms with Gasteiger partial charge in [0.25, 0.3) is 0 Å². The van der Waals surface area contributed by atoms with Crippen molar-refractivity contribution in [2.24, 2.45) is 5.92 Å². The molecule has 0 fully saturated rings. The highest BCUT2D eigenvalue weighted by atomic mass is 16.5. The molecule has 0 heterocycles. The summed E-state index contributed by atoms with van der Waals surface area (Å²) in [6.45, 7) is 1.85. The number of hydrogen-bond donors (Lipinski definition) is 2. The van der Waals surface area contributed by atoms with Gasteiger partial charge in [0.05, 0.1) is 0 Å². The second-order valence-corrected chi connectivity index (χ2v) is 4.68. The second kappa shape index (κ2) is 5.34. The van der Waals surface area contributed by atoms with Gasteiger partial charge >= 0.3 is 0 Å². The molecule has 0 bridgehead atoms. The summed E-state index contributed by atoms with van der Waals surface area (Å²) in [7, 11) is 0. The van der Waals surface area contributed by atoms with Crippen LogP contribution in [0.4, 0.5) is 0 Å². The van der Waals surface area contributed by atoms with Crippen molar-refractivity contribution < 1.29 is 10.2 Å². The maximum atomic E-state index is 10.3. The Bertz CT molecular complexity index is 477. The third kappa shape index (κ3) is 2.78. The molecule has 0 saturated heterocycles. The van der Waals surface area contributed by atoms with E-state index in [9.17, 15) is 10.2 Å². The fourth-order valence-electron chi connectivity index (χ4n) is 2.08. The molecule has 94 valence electrons. The predicted octanol–water partition coefficient (Wildman–Crippen LogP) is 2.70. The van der Waals surface area contributed by atoms with Crippen LogP contribution in [0.25, 0.3) is 0 Å². The number of benzene rings is 2. The SMILES string of the molecule is CC(Cc1ccccc1)C(O)(O)c1ccccc1. The fraction of sp³-hybridized carbons (Fsp3) is 0.250. The minimum atomic E-state index is -1.79. The first kappa shape index (κ1) is 12.8. The Balaban J connectivity index is 2.15. The zero-order valence-corrected chi connectivity index (χ0v) is 10.5. The molecule has 2 N–H and O–H groups in total. The first-order valence-electron chi connectivity index (χ1n) is 6.15. The topological polar surface area (TPSA) is 40.5 Å². The van der Waals surface area contributed by atoms with Crippen molar-refractivity contribution in [1.29, 1.82) is 0 Å². The lowest BCUT2D eigenvalue weighted by molar-refractivity contribution is -0.205. The molecular formula is C16H18O2. The normalized spacial score (nSPS) is 13.3. The van der Waals surface area contributed by atoms with Crippen molar-refractivity contribution in [3.63, 3.8) is 0 Å². The van der Waals surface area contributed by atoms with Crippen LogP contribution in [0.15, 0.2) is 60.7 Å². The van der Waals surface area contributed by atoms with Gasteiger partial charge in [-0.1, -0.05) is 67.6 Å². The summed E-state index contributed by atoms with van der Waals surface area (Å²) >= 11 is 0. The monoisotopic (exact) mass is 242 g/mol. The van der Waals surface area contributed by atoms with Gasteiger partial charge < -0.3 is 10.2 Å². The molecule has 0 radical (unpaired) electrons. The van der Waals surface area contributed by atoms with Crippen molar-refractivity contribution >= 4 is 0 Å². The lowest BCUT2D eigenvalue weighted by Gasteiger charge is -2.29. The zero-order valence-electron chi connectivity index (χ0n) is 10.5. The summed E-state index contributed by atoms with van der Waals surface area (Å²) in [6.07, 6.45) is 0.628. The molecule has 0 saturated carbocycles. The van der Waals surface area contributed by atoms with Crippen LogP contribution in [0.5, 0.6) is 0 Å². The molecule has 0 aromatic heterocycles. The summed E-state index contributed by atoms with van der Waals surface area (Å²) in [6, 6.07) is 18.8. The van der Waals surface area contributed by atoms with Crippen LogP contribution >= 0.6 is 0 Å². The van der Waals surface area contributed by atoms with Gasteiger partial charge in [-0.3, -0.25) is 0 Å². The van der Waals surface area contributed by atoms with E-state index in [4.69, 9.17) is 0 Å². The molecule has 0 aliphatic carbocycles. The van der Waals surface area contributed by atoms with E-state index in [0.29, 0.717) is 12.0 Å². The molecule has 2 aromatic carbocycles. The van der Waals surface area contributed by atoms with Gasteiger partial charge in [-0.2, -0.15) is 0 Å². The van der Waals surface area contributed by atoms with Gasteiger partial charge in [-0.15, -0.1) is 0 Å². The average Bonchev–Trinajstić information content (AvgIpc) is 2.41. The molecular weight excluding hydrogens is 224 g/mol. The van der Waals surface area contributed by atoms with Crippen LogP contribution in [-0.2, 0) is 12.2 Å². The summed E-state index contributed by atoms with van der Waals surface area (Å²) in [5, 5.41) is 20.5. The first-order chi connectivity index (χ1) is 8.60. The van der Waals surface area contributed by atoms with Crippen molar-refractivity contribution in [1.82, 2.24) is 0 Å². The van der Waals surface area contributed by atoms with Gasteiger partial charge in [-0.05, 0) is 12.0 Å². The van der Waals surface area contributed by atoms with Gasteiger partial charge in [0.2, 0.25) is 0 Å². The molecule has 2 aromatic rings.